The normalized spacial score (nSPS) is 10.6. The molecule has 22 heavy (non-hydrogen) atoms. The highest BCUT2D eigenvalue weighted by molar-refractivity contribution is 6.32. The average Bonchev–Trinajstić information content (AvgIpc) is 3.06. The number of rotatable bonds is 5. The lowest BCUT2D eigenvalue weighted by Gasteiger charge is -2.10. The van der Waals surface area contributed by atoms with Gasteiger partial charge in [-0.2, -0.15) is 14.9 Å². The molecule has 0 unspecified atom stereocenters. The van der Waals surface area contributed by atoms with Crippen molar-refractivity contribution in [2.45, 2.75) is 6.54 Å². The fourth-order valence-corrected chi connectivity index (χ4v) is 2.24. The molecule has 0 aliphatic rings. The van der Waals surface area contributed by atoms with Crippen LogP contribution in [0.4, 0.5) is 5.69 Å². The van der Waals surface area contributed by atoms with Crippen LogP contribution >= 0.6 is 11.6 Å². The van der Waals surface area contributed by atoms with Gasteiger partial charge in [-0.15, -0.1) is 0 Å². The SMILES string of the molecule is O=c1c(Cl)c(NCCn2cccn2)cnn1-c1ccccc1. The van der Waals surface area contributed by atoms with Crippen molar-refractivity contribution in [2.24, 2.45) is 0 Å². The van der Waals surface area contributed by atoms with Gasteiger partial charge in [-0.25, -0.2) is 0 Å². The van der Waals surface area contributed by atoms with Gasteiger partial charge in [0.15, 0.2) is 0 Å². The van der Waals surface area contributed by atoms with Crippen LogP contribution in [0, 0.1) is 0 Å². The summed E-state index contributed by atoms with van der Waals surface area (Å²) in [5, 5.41) is 11.5. The van der Waals surface area contributed by atoms with Crippen LogP contribution in [0.15, 0.2) is 59.8 Å². The number of nitrogens with zero attached hydrogens (tertiary/aromatic N) is 4. The van der Waals surface area contributed by atoms with Crippen molar-refractivity contribution in [1.82, 2.24) is 19.6 Å². The van der Waals surface area contributed by atoms with Crippen molar-refractivity contribution in [3.05, 3.63) is 70.4 Å². The zero-order valence-electron chi connectivity index (χ0n) is 11.7. The van der Waals surface area contributed by atoms with E-state index in [1.54, 1.807) is 29.2 Å². The zero-order valence-corrected chi connectivity index (χ0v) is 12.4. The first-order chi connectivity index (χ1) is 10.8. The Bertz CT molecular complexity index is 799. The summed E-state index contributed by atoms with van der Waals surface area (Å²) in [5.41, 5.74) is 0.848. The van der Waals surface area contributed by atoms with E-state index >= 15 is 0 Å². The lowest BCUT2D eigenvalue weighted by atomic mass is 10.3. The van der Waals surface area contributed by atoms with Crippen molar-refractivity contribution in [3.63, 3.8) is 0 Å². The molecule has 0 aliphatic carbocycles. The number of hydrogen-bond acceptors (Lipinski definition) is 4. The number of para-hydroxylation sites is 1. The smallest absolute Gasteiger partial charge is 0.292 e. The van der Waals surface area contributed by atoms with Crippen LogP contribution in [0.3, 0.4) is 0 Å². The monoisotopic (exact) mass is 315 g/mol. The van der Waals surface area contributed by atoms with E-state index in [1.165, 1.54) is 4.68 Å². The van der Waals surface area contributed by atoms with E-state index in [4.69, 9.17) is 11.6 Å². The molecule has 7 heteroatoms. The molecule has 0 radical (unpaired) electrons. The second-order valence-corrected chi connectivity index (χ2v) is 5.00. The first-order valence-electron chi connectivity index (χ1n) is 6.80. The van der Waals surface area contributed by atoms with Crippen LogP contribution < -0.4 is 10.9 Å². The highest BCUT2D eigenvalue weighted by atomic mass is 35.5. The molecule has 3 aromatic rings. The largest absolute Gasteiger partial charge is 0.381 e. The third-order valence-electron chi connectivity index (χ3n) is 3.14. The number of anilines is 1. The van der Waals surface area contributed by atoms with Gasteiger partial charge in [0.1, 0.15) is 5.02 Å². The van der Waals surface area contributed by atoms with Crippen LogP contribution in [-0.2, 0) is 6.54 Å². The molecule has 2 aromatic heterocycles. The van der Waals surface area contributed by atoms with Gasteiger partial charge in [0, 0.05) is 18.9 Å². The first kappa shape index (κ1) is 14.3. The predicted molar refractivity (Wildman–Crippen MR) is 85.6 cm³/mol. The van der Waals surface area contributed by atoms with Gasteiger partial charge in [0.25, 0.3) is 5.56 Å². The lowest BCUT2D eigenvalue weighted by molar-refractivity contribution is 0.637. The number of nitrogens with one attached hydrogen (secondary N) is 1. The molecule has 6 nitrogen and oxygen atoms in total. The summed E-state index contributed by atoms with van der Waals surface area (Å²) in [6.07, 6.45) is 5.14. The fraction of sp³-hybridized carbons (Fsp3) is 0.133. The number of hydrogen-bond donors (Lipinski definition) is 1. The van der Waals surface area contributed by atoms with Crippen molar-refractivity contribution < 1.29 is 0 Å². The van der Waals surface area contributed by atoms with Crippen molar-refractivity contribution >= 4 is 17.3 Å². The van der Waals surface area contributed by atoms with Gasteiger partial charge >= 0.3 is 0 Å². The highest BCUT2D eigenvalue weighted by Gasteiger charge is 2.10. The minimum Gasteiger partial charge on any atom is -0.381 e. The zero-order chi connectivity index (χ0) is 15.4. The quantitative estimate of drug-likeness (QED) is 0.784. The van der Waals surface area contributed by atoms with Crippen LogP contribution in [0.25, 0.3) is 5.69 Å². The Morgan fingerprint density at radius 3 is 2.68 bits per heavy atom. The molecular weight excluding hydrogens is 302 g/mol. The van der Waals surface area contributed by atoms with Gasteiger partial charge in [-0.1, -0.05) is 29.8 Å². The minimum absolute atomic E-state index is 0.124. The van der Waals surface area contributed by atoms with E-state index in [2.05, 4.69) is 15.5 Å². The van der Waals surface area contributed by atoms with Gasteiger partial charge in [-0.05, 0) is 18.2 Å². The van der Waals surface area contributed by atoms with Gasteiger partial charge < -0.3 is 5.32 Å². The Labute approximate surface area is 132 Å². The molecule has 0 fully saturated rings. The average molecular weight is 316 g/mol. The summed E-state index contributed by atoms with van der Waals surface area (Å²) in [6, 6.07) is 11.0. The maximum atomic E-state index is 12.3. The maximum Gasteiger partial charge on any atom is 0.292 e. The summed E-state index contributed by atoms with van der Waals surface area (Å²) in [4.78, 5) is 12.3. The number of aromatic nitrogens is 4. The van der Waals surface area contributed by atoms with Gasteiger partial charge in [0.2, 0.25) is 0 Å². The van der Waals surface area contributed by atoms with Crippen molar-refractivity contribution in [1.29, 1.82) is 0 Å². The Morgan fingerprint density at radius 2 is 1.95 bits per heavy atom. The predicted octanol–water partition coefficient (Wildman–Crippen LogP) is 2.19. The number of benzene rings is 1. The molecule has 1 aromatic carbocycles. The highest BCUT2D eigenvalue weighted by Crippen LogP contribution is 2.16. The van der Waals surface area contributed by atoms with Crippen LogP contribution in [-0.4, -0.2) is 26.1 Å². The van der Waals surface area contributed by atoms with Gasteiger partial charge in [0.05, 0.1) is 24.1 Å². The molecule has 0 amide bonds. The summed E-state index contributed by atoms with van der Waals surface area (Å²) < 4.78 is 3.07. The Hall–Kier alpha value is -2.60. The van der Waals surface area contributed by atoms with Crippen molar-refractivity contribution in [2.75, 3.05) is 11.9 Å². The summed E-state index contributed by atoms with van der Waals surface area (Å²) in [7, 11) is 0. The molecule has 0 saturated carbocycles. The molecular formula is C15H14ClN5O. The van der Waals surface area contributed by atoms with E-state index in [0.29, 0.717) is 24.5 Å². The third kappa shape index (κ3) is 3.01. The molecule has 0 bridgehead atoms. The lowest BCUT2D eigenvalue weighted by Crippen LogP contribution is -2.23. The molecule has 0 spiro atoms. The van der Waals surface area contributed by atoms with Crippen LogP contribution in [0.1, 0.15) is 0 Å². The van der Waals surface area contributed by atoms with E-state index in [9.17, 15) is 4.79 Å². The first-order valence-corrected chi connectivity index (χ1v) is 7.18. The van der Waals surface area contributed by atoms with Gasteiger partial charge in [-0.3, -0.25) is 9.48 Å². The molecule has 0 atom stereocenters. The molecule has 2 heterocycles. The molecule has 3 rings (SSSR count). The summed E-state index contributed by atoms with van der Waals surface area (Å²) in [6.45, 7) is 1.27. The fourth-order valence-electron chi connectivity index (χ4n) is 2.05. The second kappa shape index (κ2) is 6.44. The Balaban J connectivity index is 1.77. The minimum atomic E-state index is -0.350. The second-order valence-electron chi connectivity index (χ2n) is 4.62. The molecule has 112 valence electrons. The van der Waals surface area contributed by atoms with E-state index in [1.807, 2.05) is 30.5 Å². The van der Waals surface area contributed by atoms with E-state index in [-0.39, 0.29) is 10.6 Å². The van der Waals surface area contributed by atoms with E-state index in [0.717, 1.165) is 0 Å². The molecule has 1 N–H and O–H groups in total. The standard InChI is InChI=1S/C15H14ClN5O/c16-14-13(17-8-10-20-9-4-7-18-20)11-19-21(15(14)22)12-5-2-1-3-6-12/h1-7,9,11,17H,8,10H2. The molecule has 0 aliphatic heterocycles. The third-order valence-corrected chi connectivity index (χ3v) is 3.50. The van der Waals surface area contributed by atoms with Crippen LogP contribution in [0.2, 0.25) is 5.02 Å². The maximum absolute atomic E-state index is 12.3. The van der Waals surface area contributed by atoms with Crippen molar-refractivity contribution in [3.8, 4) is 5.69 Å². The Kier molecular flexibility index (Phi) is 4.20. The number of halogens is 1. The molecule has 0 saturated heterocycles. The summed E-state index contributed by atoms with van der Waals surface area (Å²) in [5.74, 6) is 0. The summed E-state index contributed by atoms with van der Waals surface area (Å²) >= 11 is 6.15. The van der Waals surface area contributed by atoms with Crippen LogP contribution in [0.5, 0.6) is 0 Å². The Morgan fingerprint density at radius 1 is 1.14 bits per heavy atom. The van der Waals surface area contributed by atoms with E-state index < -0.39 is 0 Å². The topological polar surface area (TPSA) is 64.7 Å².